The summed E-state index contributed by atoms with van der Waals surface area (Å²) in [5.41, 5.74) is 8.60. The summed E-state index contributed by atoms with van der Waals surface area (Å²) in [5.74, 6) is -0.171. The van der Waals surface area contributed by atoms with Gasteiger partial charge < -0.3 is 14.9 Å². The third kappa shape index (κ3) is 3.96. The van der Waals surface area contributed by atoms with Gasteiger partial charge in [0.2, 0.25) is 5.75 Å². The number of hydrogen-bond donors (Lipinski definition) is 0. The molecule has 1 aromatic rings. The summed E-state index contributed by atoms with van der Waals surface area (Å²) in [7, 11) is 0. The summed E-state index contributed by atoms with van der Waals surface area (Å²) >= 11 is 0. The highest BCUT2D eigenvalue weighted by atomic mass is 16.6. The van der Waals surface area contributed by atoms with E-state index in [0.717, 1.165) is 0 Å². The number of nitrogens with zero attached hydrogens (tertiary/aromatic N) is 5. The molecule has 0 N–H and O–H groups in total. The Bertz CT molecular complexity index is 456. The largest absolute Gasteiger partial charge is 0.486 e. The van der Waals surface area contributed by atoms with Crippen molar-refractivity contribution in [1.29, 1.82) is 0 Å². The summed E-state index contributed by atoms with van der Waals surface area (Å²) in [4.78, 5) is 16.5. The van der Waals surface area contributed by atoms with Crippen LogP contribution >= 0.6 is 0 Å². The second-order valence-electron chi connectivity index (χ2n) is 3.19. The van der Waals surface area contributed by atoms with Gasteiger partial charge in [-0.15, -0.1) is 0 Å². The number of aromatic nitrogens is 1. The van der Waals surface area contributed by atoms with Crippen LogP contribution in [-0.2, 0) is 0 Å². The molecular formula is C9H11N5O3. The number of azide groups is 1. The van der Waals surface area contributed by atoms with Crippen molar-refractivity contribution in [3.05, 3.63) is 38.4 Å². The highest BCUT2D eigenvalue weighted by Crippen LogP contribution is 2.24. The minimum Gasteiger partial charge on any atom is -0.486 e. The maximum Gasteiger partial charge on any atom is 0.406 e. The Morgan fingerprint density at radius 2 is 2.41 bits per heavy atom. The van der Waals surface area contributed by atoms with Crippen molar-refractivity contribution in [3.8, 4) is 5.75 Å². The molecule has 0 saturated carbocycles. The summed E-state index contributed by atoms with van der Waals surface area (Å²) < 4.78 is 5.21. The van der Waals surface area contributed by atoms with Gasteiger partial charge in [0.15, 0.2) is 0 Å². The van der Waals surface area contributed by atoms with Gasteiger partial charge in [0.05, 0.1) is 6.61 Å². The second kappa shape index (κ2) is 6.29. The average Bonchev–Trinajstić information content (AvgIpc) is 2.30. The highest BCUT2D eigenvalue weighted by Gasteiger charge is 2.17. The van der Waals surface area contributed by atoms with E-state index in [9.17, 15) is 10.1 Å². The Hall–Kier alpha value is -2.34. The predicted octanol–water partition coefficient (Wildman–Crippen LogP) is 2.38. The van der Waals surface area contributed by atoms with Crippen molar-refractivity contribution in [3.63, 3.8) is 0 Å². The molecule has 0 saturated heterocycles. The summed E-state index contributed by atoms with van der Waals surface area (Å²) in [6.07, 6.45) is 0.495. The average molecular weight is 237 g/mol. The molecular weight excluding hydrogens is 226 g/mol. The van der Waals surface area contributed by atoms with Crippen molar-refractivity contribution < 1.29 is 9.66 Å². The van der Waals surface area contributed by atoms with Crippen LogP contribution in [0.2, 0.25) is 0 Å². The first-order valence-corrected chi connectivity index (χ1v) is 4.91. The molecule has 8 nitrogen and oxygen atoms in total. The number of ether oxygens (including phenoxy) is 1. The maximum absolute atomic E-state index is 10.7. The first-order chi connectivity index (χ1) is 8.15. The van der Waals surface area contributed by atoms with Gasteiger partial charge in [0.1, 0.15) is 5.69 Å². The minimum atomic E-state index is -0.588. The fraction of sp³-hybridized carbons (Fsp3) is 0.444. The summed E-state index contributed by atoms with van der Waals surface area (Å²) in [5, 5.41) is 14.0. The van der Waals surface area contributed by atoms with Gasteiger partial charge in [0.25, 0.3) is 0 Å². The highest BCUT2D eigenvalue weighted by molar-refractivity contribution is 5.40. The lowest BCUT2D eigenvalue weighted by molar-refractivity contribution is -0.390. The molecule has 0 bridgehead atoms. The van der Waals surface area contributed by atoms with Gasteiger partial charge in [-0.25, -0.2) is 0 Å². The molecule has 8 heteroatoms. The van der Waals surface area contributed by atoms with E-state index in [1.807, 2.05) is 0 Å². The normalized spacial score (nSPS) is 9.47. The fourth-order valence-electron chi connectivity index (χ4n) is 1.14. The lowest BCUT2D eigenvalue weighted by atomic mass is 10.3. The minimum absolute atomic E-state index is 0.126. The summed E-state index contributed by atoms with van der Waals surface area (Å²) in [6, 6.07) is 3.14. The van der Waals surface area contributed by atoms with E-state index < -0.39 is 4.92 Å². The third-order valence-corrected chi connectivity index (χ3v) is 1.87. The van der Waals surface area contributed by atoms with Crippen LogP contribution < -0.4 is 4.74 Å². The standard InChI is InChI=1S/C9H11N5O3/c1-7-3-4-8(9(12-7)14(15)16)17-6-2-5-11-13-10/h3-4H,2,5-6H2,1H3. The van der Waals surface area contributed by atoms with Crippen molar-refractivity contribution in [1.82, 2.24) is 4.98 Å². The molecule has 0 aliphatic carbocycles. The van der Waals surface area contributed by atoms with Crippen LogP contribution in [0.15, 0.2) is 17.2 Å². The number of pyridine rings is 1. The van der Waals surface area contributed by atoms with Gasteiger partial charge in [0, 0.05) is 18.4 Å². The van der Waals surface area contributed by atoms with E-state index in [1.165, 1.54) is 6.07 Å². The van der Waals surface area contributed by atoms with Crippen molar-refractivity contribution >= 4 is 5.82 Å². The Morgan fingerprint density at radius 1 is 1.65 bits per heavy atom. The first-order valence-electron chi connectivity index (χ1n) is 4.91. The quantitative estimate of drug-likeness (QED) is 0.188. The van der Waals surface area contributed by atoms with E-state index >= 15 is 0 Å². The molecule has 0 aliphatic rings. The zero-order chi connectivity index (χ0) is 12.7. The second-order valence-corrected chi connectivity index (χ2v) is 3.19. The SMILES string of the molecule is Cc1ccc(OCCCN=[N+]=[N-])c([N+](=O)[O-])n1. The number of aryl methyl sites for hydroxylation is 1. The molecule has 90 valence electrons. The van der Waals surface area contributed by atoms with Gasteiger partial charge in [-0.3, -0.25) is 0 Å². The molecule has 0 fully saturated rings. The Balaban J connectivity index is 2.64. The van der Waals surface area contributed by atoms with Crippen LogP contribution in [0, 0.1) is 17.0 Å². The van der Waals surface area contributed by atoms with E-state index in [4.69, 9.17) is 10.3 Å². The number of rotatable bonds is 6. The lowest BCUT2D eigenvalue weighted by Gasteiger charge is -2.05. The molecule has 0 spiro atoms. The Kier molecular flexibility index (Phi) is 4.71. The molecule has 0 amide bonds. The van der Waals surface area contributed by atoms with Crippen molar-refractivity contribution in [2.45, 2.75) is 13.3 Å². The van der Waals surface area contributed by atoms with E-state index in [-0.39, 0.29) is 18.2 Å². The van der Waals surface area contributed by atoms with Crippen molar-refractivity contribution in [2.75, 3.05) is 13.2 Å². The van der Waals surface area contributed by atoms with Crippen LogP contribution in [0.5, 0.6) is 5.75 Å². The van der Waals surface area contributed by atoms with Crippen LogP contribution in [0.3, 0.4) is 0 Å². The van der Waals surface area contributed by atoms with Crippen LogP contribution in [-0.4, -0.2) is 23.1 Å². The molecule has 1 aromatic heterocycles. The monoisotopic (exact) mass is 237 g/mol. The molecule has 0 unspecified atom stereocenters. The van der Waals surface area contributed by atoms with Gasteiger partial charge >= 0.3 is 5.82 Å². The first kappa shape index (κ1) is 12.7. The molecule has 1 rings (SSSR count). The number of nitro groups is 1. The molecule has 1 heterocycles. The Labute approximate surface area is 97.0 Å². The molecule has 0 aliphatic heterocycles. The van der Waals surface area contributed by atoms with Gasteiger partial charge in [-0.05, 0) is 34.0 Å². The van der Waals surface area contributed by atoms with E-state index in [0.29, 0.717) is 18.7 Å². The lowest BCUT2D eigenvalue weighted by Crippen LogP contribution is -2.03. The van der Waals surface area contributed by atoms with Crippen LogP contribution in [0.1, 0.15) is 12.1 Å². The maximum atomic E-state index is 10.7. The molecule has 0 radical (unpaired) electrons. The molecule has 0 aromatic carbocycles. The fourth-order valence-corrected chi connectivity index (χ4v) is 1.14. The topological polar surface area (TPSA) is 114 Å². The molecule has 0 atom stereocenters. The van der Waals surface area contributed by atoms with Crippen molar-refractivity contribution in [2.24, 2.45) is 5.11 Å². The third-order valence-electron chi connectivity index (χ3n) is 1.87. The zero-order valence-corrected chi connectivity index (χ0v) is 9.24. The van der Waals surface area contributed by atoms with E-state index in [1.54, 1.807) is 13.0 Å². The molecule has 17 heavy (non-hydrogen) atoms. The van der Waals surface area contributed by atoms with Crippen LogP contribution in [0.4, 0.5) is 5.82 Å². The van der Waals surface area contributed by atoms with E-state index in [2.05, 4.69) is 15.0 Å². The Morgan fingerprint density at radius 3 is 3.06 bits per heavy atom. The summed E-state index contributed by atoms with van der Waals surface area (Å²) in [6.45, 7) is 2.20. The van der Waals surface area contributed by atoms with Gasteiger partial charge in [-0.1, -0.05) is 5.11 Å². The smallest absolute Gasteiger partial charge is 0.406 e. The predicted molar refractivity (Wildman–Crippen MR) is 59.8 cm³/mol. The zero-order valence-electron chi connectivity index (χ0n) is 9.24. The number of hydrogen-bond acceptors (Lipinski definition) is 5. The van der Waals surface area contributed by atoms with Crippen LogP contribution in [0.25, 0.3) is 10.4 Å². The van der Waals surface area contributed by atoms with Gasteiger partial charge in [-0.2, -0.15) is 0 Å².